The van der Waals surface area contributed by atoms with Gasteiger partial charge in [-0.3, -0.25) is 0 Å². The van der Waals surface area contributed by atoms with Crippen molar-refractivity contribution in [3.8, 4) is 17.6 Å². The van der Waals surface area contributed by atoms with Crippen molar-refractivity contribution in [1.82, 2.24) is 0 Å². The zero-order valence-corrected chi connectivity index (χ0v) is 16.3. The minimum absolute atomic E-state index is 0.214. The Morgan fingerprint density at radius 3 is 2.56 bits per heavy atom. The van der Waals surface area contributed by atoms with Crippen molar-refractivity contribution in [3.05, 3.63) is 34.9 Å². The van der Waals surface area contributed by atoms with Crippen LogP contribution < -0.4 is 9.47 Å². The van der Waals surface area contributed by atoms with Gasteiger partial charge in [0, 0.05) is 5.57 Å². The maximum Gasteiger partial charge on any atom is 0.333 e. The molecule has 0 amide bonds. The van der Waals surface area contributed by atoms with E-state index in [1.807, 2.05) is 25.1 Å². The van der Waals surface area contributed by atoms with Gasteiger partial charge in [0.05, 0.1) is 31.8 Å². The molecule has 0 heterocycles. The maximum atomic E-state index is 11.9. The minimum Gasteiger partial charge on any atom is -0.493 e. The lowest BCUT2D eigenvalue weighted by atomic mass is 9.68. The van der Waals surface area contributed by atoms with E-state index in [0.29, 0.717) is 36.3 Å². The van der Waals surface area contributed by atoms with Gasteiger partial charge in [0.25, 0.3) is 0 Å². The highest BCUT2D eigenvalue weighted by atomic mass is 16.5. The number of rotatable bonds is 5. The van der Waals surface area contributed by atoms with E-state index < -0.39 is 5.41 Å². The van der Waals surface area contributed by atoms with Crippen LogP contribution in [0, 0.1) is 11.3 Å². The molecule has 5 nitrogen and oxygen atoms in total. The average Bonchev–Trinajstić information content (AvgIpc) is 3.20. The highest BCUT2D eigenvalue weighted by molar-refractivity contribution is 5.89. The van der Waals surface area contributed by atoms with E-state index in [4.69, 9.17) is 14.2 Å². The van der Waals surface area contributed by atoms with Crippen molar-refractivity contribution in [1.29, 1.82) is 5.26 Å². The largest absolute Gasteiger partial charge is 0.493 e. The molecule has 1 saturated carbocycles. The molecule has 144 valence electrons. The summed E-state index contributed by atoms with van der Waals surface area (Å²) >= 11 is 0. The lowest BCUT2D eigenvalue weighted by molar-refractivity contribution is -0.136. The van der Waals surface area contributed by atoms with Gasteiger partial charge >= 0.3 is 5.97 Å². The van der Waals surface area contributed by atoms with Crippen LogP contribution in [0.2, 0.25) is 0 Å². The fraction of sp³-hybridized carbons (Fsp3) is 0.545. The van der Waals surface area contributed by atoms with E-state index >= 15 is 0 Å². The van der Waals surface area contributed by atoms with Gasteiger partial charge in [-0.1, -0.05) is 11.6 Å². The second-order valence-electron chi connectivity index (χ2n) is 7.51. The van der Waals surface area contributed by atoms with Gasteiger partial charge in [0.15, 0.2) is 11.5 Å². The smallest absolute Gasteiger partial charge is 0.333 e. The predicted octanol–water partition coefficient (Wildman–Crippen LogP) is 4.45. The van der Waals surface area contributed by atoms with E-state index in [2.05, 4.69) is 6.07 Å². The number of hydrogen-bond acceptors (Lipinski definition) is 5. The molecule has 1 atom stereocenters. The van der Waals surface area contributed by atoms with E-state index in [1.165, 1.54) is 20.0 Å². The molecule has 3 rings (SSSR count). The molecule has 1 fully saturated rings. The Morgan fingerprint density at radius 1 is 1.22 bits per heavy atom. The normalized spacial score (nSPS) is 23.0. The van der Waals surface area contributed by atoms with Crippen molar-refractivity contribution in [2.45, 2.75) is 63.4 Å². The van der Waals surface area contributed by atoms with Gasteiger partial charge in [-0.05, 0) is 69.6 Å². The number of carbonyl (C=O) groups excluding carboxylic acids is 1. The van der Waals surface area contributed by atoms with Crippen LogP contribution in [0.3, 0.4) is 0 Å². The Hall–Kier alpha value is -2.48. The Morgan fingerprint density at radius 2 is 1.96 bits per heavy atom. The number of allylic oxidation sites excluding steroid dienone is 1. The standard InChI is InChI=1S/C22H27NO4/c1-15-13-22(14-23,11-10-18(15)21(24)26-3)16-8-9-19(25-2)20(12-16)27-17-6-4-5-7-17/h8-9,12,17H,4-7,10-11,13H2,1-3H3. The Labute approximate surface area is 160 Å². The predicted molar refractivity (Wildman–Crippen MR) is 102 cm³/mol. The fourth-order valence-corrected chi connectivity index (χ4v) is 4.26. The van der Waals surface area contributed by atoms with Crippen LogP contribution in [0.5, 0.6) is 11.5 Å². The van der Waals surface area contributed by atoms with Crippen LogP contribution in [0.4, 0.5) is 0 Å². The van der Waals surface area contributed by atoms with Crippen molar-refractivity contribution in [2.75, 3.05) is 14.2 Å². The number of methoxy groups -OCH3 is 2. The molecule has 0 bridgehead atoms. The summed E-state index contributed by atoms with van der Waals surface area (Å²) in [5, 5.41) is 10.0. The quantitative estimate of drug-likeness (QED) is 0.717. The third-order valence-corrected chi connectivity index (χ3v) is 5.84. The van der Waals surface area contributed by atoms with Crippen LogP contribution in [0.1, 0.15) is 57.4 Å². The van der Waals surface area contributed by atoms with E-state index in [-0.39, 0.29) is 12.1 Å². The number of esters is 1. The summed E-state index contributed by atoms with van der Waals surface area (Å²) in [5.41, 5.74) is 1.87. The van der Waals surface area contributed by atoms with Gasteiger partial charge in [-0.2, -0.15) is 5.26 Å². The number of carbonyl (C=O) groups is 1. The summed E-state index contributed by atoms with van der Waals surface area (Å²) in [6.07, 6.45) is 6.35. The molecule has 1 unspecified atom stereocenters. The Bertz CT molecular complexity index is 786. The molecule has 0 aromatic heterocycles. The van der Waals surface area contributed by atoms with Crippen molar-refractivity contribution < 1.29 is 19.0 Å². The van der Waals surface area contributed by atoms with Crippen molar-refractivity contribution in [2.24, 2.45) is 0 Å². The zero-order valence-electron chi connectivity index (χ0n) is 16.3. The summed E-state index contributed by atoms with van der Waals surface area (Å²) in [6, 6.07) is 8.30. The highest BCUT2D eigenvalue weighted by Gasteiger charge is 2.38. The Balaban J connectivity index is 1.93. The average molecular weight is 369 g/mol. The summed E-state index contributed by atoms with van der Waals surface area (Å²) in [6.45, 7) is 1.91. The molecule has 1 aromatic carbocycles. The molecule has 0 N–H and O–H groups in total. The monoisotopic (exact) mass is 369 g/mol. The van der Waals surface area contributed by atoms with Gasteiger partial charge in [0.2, 0.25) is 0 Å². The lowest BCUT2D eigenvalue weighted by Crippen LogP contribution is -2.30. The van der Waals surface area contributed by atoms with Gasteiger partial charge in [0.1, 0.15) is 0 Å². The summed E-state index contributed by atoms with van der Waals surface area (Å²) < 4.78 is 16.5. The number of ether oxygens (including phenoxy) is 3. The van der Waals surface area contributed by atoms with Crippen molar-refractivity contribution in [3.63, 3.8) is 0 Å². The SMILES string of the molecule is COC(=O)C1=C(C)CC(C#N)(c2ccc(OC)c(OC3CCCC3)c2)CC1. The van der Waals surface area contributed by atoms with Crippen molar-refractivity contribution >= 4 is 5.97 Å². The maximum absolute atomic E-state index is 11.9. The molecule has 0 radical (unpaired) electrons. The number of benzene rings is 1. The van der Waals surface area contributed by atoms with Crippen LogP contribution >= 0.6 is 0 Å². The molecular weight excluding hydrogens is 342 g/mol. The molecule has 27 heavy (non-hydrogen) atoms. The third-order valence-electron chi connectivity index (χ3n) is 5.84. The fourth-order valence-electron chi connectivity index (χ4n) is 4.26. The van der Waals surface area contributed by atoms with Gasteiger partial charge < -0.3 is 14.2 Å². The molecular formula is C22H27NO4. The van der Waals surface area contributed by atoms with Gasteiger partial charge in [-0.25, -0.2) is 4.79 Å². The molecule has 0 aliphatic heterocycles. The molecule has 1 aromatic rings. The first-order valence-corrected chi connectivity index (χ1v) is 9.56. The second kappa shape index (κ2) is 8.04. The number of hydrogen-bond donors (Lipinski definition) is 0. The third kappa shape index (κ3) is 3.80. The first-order valence-electron chi connectivity index (χ1n) is 9.56. The van der Waals surface area contributed by atoms with E-state index in [1.54, 1.807) is 7.11 Å². The Kier molecular flexibility index (Phi) is 5.74. The minimum atomic E-state index is -0.665. The zero-order chi connectivity index (χ0) is 19.4. The molecule has 2 aliphatic carbocycles. The topological polar surface area (TPSA) is 68.6 Å². The summed E-state index contributed by atoms with van der Waals surface area (Å²) in [4.78, 5) is 11.9. The number of nitriles is 1. The molecule has 5 heteroatoms. The highest BCUT2D eigenvalue weighted by Crippen LogP contribution is 2.44. The first kappa shape index (κ1) is 19.3. The van der Waals surface area contributed by atoms with E-state index in [0.717, 1.165) is 24.0 Å². The molecule has 0 spiro atoms. The second-order valence-corrected chi connectivity index (χ2v) is 7.51. The van der Waals surface area contributed by atoms with E-state index in [9.17, 15) is 10.1 Å². The van der Waals surface area contributed by atoms with Crippen LogP contribution in [0.25, 0.3) is 0 Å². The molecule has 2 aliphatic rings. The first-order chi connectivity index (χ1) is 13.0. The lowest BCUT2D eigenvalue weighted by Gasteiger charge is -2.33. The van der Waals surface area contributed by atoms with Crippen LogP contribution in [0.15, 0.2) is 29.3 Å². The van der Waals surface area contributed by atoms with Gasteiger partial charge in [-0.15, -0.1) is 0 Å². The van der Waals surface area contributed by atoms with Crippen LogP contribution in [-0.4, -0.2) is 26.3 Å². The number of nitrogens with zero attached hydrogens (tertiary/aromatic N) is 1. The summed E-state index contributed by atoms with van der Waals surface area (Å²) in [7, 11) is 3.03. The van der Waals surface area contributed by atoms with Crippen LogP contribution in [-0.2, 0) is 14.9 Å². The summed E-state index contributed by atoms with van der Waals surface area (Å²) in [5.74, 6) is 1.10. The molecule has 0 saturated heterocycles.